The third-order valence-electron chi connectivity index (χ3n) is 5.08. The molecule has 2 amide bonds. The molecule has 4 nitrogen and oxygen atoms in total. The molecule has 30 heavy (non-hydrogen) atoms. The van der Waals surface area contributed by atoms with Crippen LogP contribution in [0.3, 0.4) is 0 Å². The second kappa shape index (κ2) is 8.83. The molecule has 8 heteroatoms. The molecule has 2 aromatic carbocycles. The summed E-state index contributed by atoms with van der Waals surface area (Å²) in [4.78, 5) is 30.3. The molecule has 1 saturated heterocycles. The molecule has 2 aromatic rings. The average molecular weight is 522 g/mol. The van der Waals surface area contributed by atoms with Crippen molar-refractivity contribution < 1.29 is 9.59 Å². The number of unbranched alkanes of at least 4 members (excludes halogenated alkanes) is 1. The van der Waals surface area contributed by atoms with Crippen molar-refractivity contribution >= 4 is 78.9 Å². The van der Waals surface area contributed by atoms with E-state index in [4.69, 9.17) is 23.8 Å². The predicted molar refractivity (Wildman–Crippen MR) is 131 cm³/mol. The molecule has 0 saturated carbocycles. The Bertz CT molecular complexity index is 1100. The lowest BCUT2D eigenvalue weighted by atomic mass is 10.1. The van der Waals surface area contributed by atoms with Gasteiger partial charge in [0.1, 0.15) is 4.32 Å². The standard InChI is InChI=1S/C22H18BrClN2O2S2/c1-2-3-10-25-17-9-8-14(23)11-15(17)18(20(25)27)19-21(28)26(22(29)30-19)12-13-6-4-5-7-16(13)24/h4-9,11H,2-3,10,12H2,1H3/b19-18-. The van der Waals surface area contributed by atoms with Crippen LogP contribution in [0.1, 0.15) is 30.9 Å². The van der Waals surface area contributed by atoms with Gasteiger partial charge in [-0.15, -0.1) is 0 Å². The molecule has 2 heterocycles. The molecule has 0 unspecified atom stereocenters. The summed E-state index contributed by atoms with van der Waals surface area (Å²) in [6, 6.07) is 13.1. The normalized spacial score (nSPS) is 18.6. The Labute approximate surface area is 198 Å². The number of hydrogen-bond donors (Lipinski definition) is 0. The van der Waals surface area contributed by atoms with Crippen LogP contribution < -0.4 is 4.90 Å². The summed E-state index contributed by atoms with van der Waals surface area (Å²) in [6.07, 6.45) is 1.87. The van der Waals surface area contributed by atoms with E-state index in [9.17, 15) is 9.59 Å². The van der Waals surface area contributed by atoms with E-state index in [0.29, 0.717) is 26.4 Å². The summed E-state index contributed by atoms with van der Waals surface area (Å²) in [5.74, 6) is -0.397. The van der Waals surface area contributed by atoms with E-state index in [-0.39, 0.29) is 18.4 Å². The van der Waals surface area contributed by atoms with Crippen molar-refractivity contribution in [1.29, 1.82) is 0 Å². The van der Waals surface area contributed by atoms with Crippen LogP contribution >= 0.6 is 51.5 Å². The number of fused-ring (bicyclic) bond motifs is 1. The summed E-state index contributed by atoms with van der Waals surface area (Å²) < 4.78 is 1.29. The summed E-state index contributed by atoms with van der Waals surface area (Å²) in [5.41, 5.74) is 2.85. The molecule has 0 N–H and O–H groups in total. The van der Waals surface area contributed by atoms with Gasteiger partial charge in [0.05, 0.1) is 22.7 Å². The minimum absolute atomic E-state index is 0.144. The van der Waals surface area contributed by atoms with Crippen molar-refractivity contribution in [2.45, 2.75) is 26.3 Å². The molecule has 1 fully saturated rings. The molecular formula is C22H18BrClN2O2S2. The van der Waals surface area contributed by atoms with Crippen LogP contribution in [-0.2, 0) is 16.1 Å². The zero-order valence-electron chi connectivity index (χ0n) is 16.2. The van der Waals surface area contributed by atoms with Crippen molar-refractivity contribution in [2.75, 3.05) is 11.4 Å². The Hall–Kier alpha value is -1.67. The van der Waals surface area contributed by atoms with Crippen LogP contribution in [0.4, 0.5) is 5.69 Å². The number of carbonyl (C=O) groups is 2. The number of halogens is 2. The smallest absolute Gasteiger partial charge is 0.267 e. The van der Waals surface area contributed by atoms with Crippen LogP contribution in [-0.4, -0.2) is 27.6 Å². The average Bonchev–Trinajstić information content (AvgIpc) is 3.14. The minimum atomic E-state index is -0.253. The topological polar surface area (TPSA) is 40.6 Å². The number of benzene rings is 2. The number of thioether (sulfide) groups is 1. The van der Waals surface area contributed by atoms with Crippen LogP contribution in [0.15, 0.2) is 51.8 Å². The highest BCUT2D eigenvalue weighted by Gasteiger charge is 2.42. The van der Waals surface area contributed by atoms with E-state index < -0.39 is 0 Å². The Morgan fingerprint density at radius 3 is 2.60 bits per heavy atom. The Morgan fingerprint density at radius 2 is 1.87 bits per heavy atom. The maximum Gasteiger partial charge on any atom is 0.267 e. The van der Waals surface area contributed by atoms with Gasteiger partial charge in [0.25, 0.3) is 11.8 Å². The quantitative estimate of drug-likeness (QED) is 0.356. The molecule has 2 aliphatic rings. The predicted octanol–water partition coefficient (Wildman–Crippen LogP) is 6.02. The van der Waals surface area contributed by atoms with E-state index in [0.717, 1.165) is 34.1 Å². The first kappa shape index (κ1) is 21.6. The maximum atomic E-state index is 13.3. The zero-order chi connectivity index (χ0) is 21.4. The van der Waals surface area contributed by atoms with Gasteiger partial charge in [-0.2, -0.15) is 0 Å². The third kappa shape index (κ3) is 3.84. The van der Waals surface area contributed by atoms with Crippen LogP contribution in [0.5, 0.6) is 0 Å². The fourth-order valence-electron chi connectivity index (χ4n) is 3.54. The number of anilines is 1. The maximum absolute atomic E-state index is 13.3. The number of hydrogen-bond acceptors (Lipinski definition) is 4. The van der Waals surface area contributed by atoms with E-state index >= 15 is 0 Å². The lowest BCUT2D eigenvalue weighted by Crippen LogP contribution is -2.29. The molecule has 0 bridgehead atoms. The highest BCUT2D eigenvalue weighted by atomic mass is 79.9. The van der Waals surface area contributed by atoms with Gasteiger partial charge in [0.2, 0.25) is 0 Å². The number of nitrogens with zero attached hydrogens (tertiary/aromatic N) is 2. The molecule has 0 spiro atoms. The number of thiocarbonyl (C=S) groups is 1. The van der Waals surface area contributed by atoms with Crippen LogP contribution in [0.2, 0.25) is 5.02 Å². The lowest BCUT2D eigenvalue weighted by molar-refractivity contribution is -0.122. The Balaban J connectivity index is 1.75. The first-order valence-corrected chi connectivity index (χ1v) is 11.9. The van der Waals surface area contributed by atoms with Gasteiger partial charge < -0.3 is 4.90 Å². The molecule has 0 atom stereocenters. The monoisotopic (exact) mass is 520 g/mol. The lowest BCUT2D eigenvalue weighted by Gasteiger charge is -2.16. The molecule has 0 aliphatic carbocycles. The van der Waals surface area contributed by atoms with Crippen molar-refractivity contribution in [1.82, 2.24) is 4.90 Å². The number of amides is 2. The van der Waals surface area contributed by atoms with Crippen molar-refractivity contribution in [3.05, 3.63) is 68.0 Å². The van der Waals surface area contributed by atoms with Crippen LogP contribution in [0.25, 0.3) is 5.57 Å². The summed E-state index contributed by atoms with van der Waals surface area (Å²) in [5, 5.41) is 0.580. The van der Waals surface area contributed by atoms with Gasteiger partial charge in [-0.05, 0) is 36.2 Å². The fourth-order valence-corrected chi connectivity index (χ4v) is 5.43. The van der Waals surface area contributed by atoms with E-state index in [1.54, 1.807) is 11.0 Å². The molecule has 154 valence electrons. The summed E-state index contributed by atoms with van der Waals surface area (Å²) in [7, 11) is 0. The van der Waals surface area contributed by atoms with Gasteiger partial charge in [-0.3, -0.25) is 14.5 Å². The molecule has 2 aliphatic heterocycles. The molecular weight excluding hydrogens is 504 g/mol. The van der Waals surface area contributed by atoms with Gasteiger partial charge in [-0.1, -0.05) is 83.1 Å². The van der Waals surface area contributed by atoms with Gasteiger partial charge >= 0.3 is 0 Å². The number of carbonyl (C=O) groups excluding carboxylic acids is 2. The molecule has 4 rings (SSSR count). The third-order valence-corrected chi connectivity index (χ3v) is 7.39. The fraction of sp³-hybridized carbons (Fsp3) is 0.227. The van der Waals surface area contributed by atoms with Crippen molar-refractivity contribution in [3.8, 4) is 0 Å². The summed E-state index contributed by atoms with van der Waals surface area (Å²) in [6.45, 7) is 2.98. The van der Waals surface area contributed by atoms with Gasteiger partial charge in [-0.25, -0.2) is 0 Å². The first-order valence-electron chi connectivity index (χ1n) is 9.55. The van der Waals surface area contributed by atoms with Gasteiger partial charge in [0.15, 0.2) is 0 Å². The highest BCUT2D eigenvalue weighted by Crippen LogP contribution is 2.45. The van der Waals surface area contributed by atoms with E-state index in [2.05, 4.69) is 22.9 Å². The number of rotatable bonds is 5. The van der Waals surface area contributed by atoms with Crippen molar-refractivity contribution in [2.24, 2.45) is 0 Å². The Kier molecular flexibility index (Phi) is 6.34. The first-order chi connectivity index (χ1) is 14.4. The van der Waals surface area contributed by atoms with E-state index in [1.807, 2.05) is 36.4 Å². The second-order valence-corrected chi connectivity index (χ2v) is 9.99. The minimum Gasteiger partial charge on any atom is -0.308 e. The highest BCUT2D eigenvalue weighted by molar-refractivity contribution is 9.10. The van der Waals surface area contributed by atoms with Gasteiger partial charge in [0, 0.05) is 21.6 Å². The van der Waals surface area contributed by atoms with E-state index in [1.165, 1.54) is 16.7 Å². The molecule has 0 radical (unpaired) electrons. The zero-order valence-corrected chi connectivity index (χ0v) is 20.1. The Morgan fingerprint density at radius 1 is 1.10 bits per heavy atom. The SMILES string of the molecule is CCCCN1C(=O)/C(=C2\SC(=S)N(Cc3ccccc3Cl)C2=O)c2cc(Br)ccc21. The largest absolute Gasteiger partial charge is 0.308 e. The van der Waals surface area contributed by atoms with Crippen molar-refractivity contribution in [3.63, 3.8) is 0 Å². The van der Waals surface area contributed by atoms with Crippen LogP contribution in [0, 0.1) is 0 Å². The molecule has 0 aromatic heterocycles. The summed E-state index contributed by atoms with van der Waals surface area (Å²) >= 11 is 16.4. The second-order valence-electron chi connectivity index (χ2n) is 7.03.